The molecule has 0 aromatic heterocycles. The van der Waals surface area contributed by atoms with Crippen molar-refractivity contribution in [1.29, 1.82) is 5.26 Å². The molecule has 0 saturated heterocycles. The van der Waals surface area contributed by atoms with Crippen molar-refractivity contribution in [1.82, 2.24) is 0 Å². The average Bonchev–Trinajstić information content (AvgIpc) is 3.69. The Bertz CT molecular complexity index is 1320. The number of carbonyl (C=O) groups is 2. The number of hydrogen-bond donors (Lipinski definition) is 0. The second-order valence-electron chi connectivity index (χ2n) is 12.3. The van der Waals surface area contributed by atoms with Gasteiger partial charge in [-0.2, -0.15) is 5.26 Å². The Hall–Kier alpha value is -2.38. The van der Waals surface area contributed by atoms with E-state index in [0.29, 0.717) is 20.0 Å². The van der Waals surface area contributed by atoms with Crippen molar-refractivity contribution in [3.8, 4) is 17.6 Å². The highest BCUT2D eigenvalue weighted by Gasteiger charge is 2.40. The summed E-state index contributed by atoms with van der Waals surface area (Å²) in [5.41, 5.74) is -0.0987. The maximum absolute atomic E-state index is 13.2. The smallest absolute Gasteiger partial charge is 0.350 e. The van der Waals surface area contributed by atoms with Crippen LogP contribution in [0.15, 0.2) is 39.3 Å². The summed E-state index contributed by atoms with van der Waals surface area (Å²) >= 11 is 5.18. The lowest BCUT2D eigenvalue weighted by atomic mass is 10.0. The topological polar surface area (TPSA) is 99.2 Å². The van der Waals surface area contributed by atoms with Crippen molar-refractivity contribution < 1.29 is 28.5 Å². The van der Waals surface area contributed by atoms with Gasteiger partial charge in [-0.05, 0) is 52.4 Å². The van der Waals surface area contributed by atoms with Crippen LogP contribution in [0.25, 0.3) is 4.85 Å². The van der Waals surface area contributed by atoms with Crippen LogP contribution in [0, 0.1) is 29.7 Å². The molecule has 12 heteroatoms. The predicted octanol–water partition coefficient (Wildman–Crippen LogP) is 11.0. The summed E-state index contributed by atoms with van der Waals surface area (Å²) in [7, 11) is 0. The zero-order valence-corrected chi connectivity index (χ0v) is 32.6. The highest BCUT2D eigenvalue weighted by atomic mass is 32.2. The fourth-order valence-corrected chi connectivity index (χ4v) is 10.3. The van der Waals surface area contributed by atoms with Gasteiger partial charge in [-0.3, -0.25) is 4.79 Å². The number of rotatable bonds is 18. The van der Waals surface area contributed by atoms with Gasteiger partial charge in [0.25, 0.3) is 5.70 Å². The second-order valence-corrected chi connectivity index (χ2v) is 16.9. The standard InChI is InChI=1S/C36H48N2O6S4/c1-10-14-16-23(12-3)19-41-33(39)25(18-37)35-45-29-27(43-21(5)6)31-32(28(30(29)46-35)44-22(7)8)48-36(47-31)26(38-9)34(40)42-20-24(13-4)17-15-11-2/h21-24H,10-17,19-20H2,1-8H3. The molecule has 3 rings (SSSR count). The minimum absolute atomic E-state index is 0.0408. The Morgan fingerprint density at radius 3 is 1.50 bits per heavy atom. The molecule has 2 atom stereocenters. The van der Waals surface area contributed by atoms with Gasteiger partial charge in [0.2, 0.25) is 0 Å². The number of hydrogen-bond acceptors (Lipinski definition) is 11. The Morgan fingerprint density at radius 1 is 0.729 bits per heavy atom. The van der Waals surface area contributed by atoms with Gasteiger partial charge in [0.1, 0.15) is 17.6 Å². The predicted molar refractivity (Wildman–Crippen MR) is 196 cm³/mol. The molecule has 0 fully saturated rings. The fraction of sp³-hybridized carbons (Fsp3) is 0.611. The van der Waals surface area contributed by atoms with Crippen molar-refractivity contribution in [2.45, 2.75) is 139 Å². The molecule has 0 radical (unpaired) electrons. The first-order chi connectivity index (χ1) is 23.0. The van der Waals surface area contributed by atoms with Crippen molar-refractivity contribution in [2.24, 2.45) is 11.8 Å². The van der Waals surface area contributed by atoms with E-state index in [9.17, 15) is 14.9 Å². The SMILES string of the molecule is [C-]#[N+]C(C(=O)OCC(CC)CCCC)=C1Sc2c(OC(C)C)c3c(c(OC(C)C)c2S1)SC(=C(C#N)C(=O)OCC(CC)CCCC)S3. The third-order valence-electron chi connectivity index (χ3n) is 7.73. The molecule has 1 aromatic rings. The monoisotopic (exact) mass is 732 g/mol. The molecule has 2 unspecified atom stereocenters. The quantitative estimate of drug-likeness (QED) is 0.0624. The Balaban J connectivity index is 2.02. The van der Waals surface area contributed by atoms with Crippen LogP contribution in [0.3, 0.4) is 0 Å². The molecular formula is C36H48N2O6S4. The molecular weight excluding hydrogens is 685 g/mol. The van der Waals surface area contributed by atoms with Crippen LogP contribution in [0.1, 0.15) is 107 Å². The summed E-state index contributed by atoms with van der Waals surface area (Å²) in [5, 5.41) is 10.1. The largest absolute Gasteiger partial charge is 0.489 e. The molecule has 2 aliphatic rings. The van der Waals surface area contributed by atoms with Gasteiger partial charge in [0.15, 0.2) is 5.57 Å². The zero-order chi connectivity index (χ0) is 35.4. The number of ether oxygens (including phenoxy) is 4. The van der Waals surface area contributed by atoms with Crippen LogP contribution in [-0.2, 0) is 19.1 Å². The van der Waals surface area contributed by atoms with E-state index in [1.54, 1.807) is 0 Å². The molecule has 262 valence electrons. The van der Waals surface area contributed by atoms with E-state index in [-0.39, 0.29) is 48.5 Å². The lowest BCUT2D eigenvalue weighted by Gasteiger charge is -2.20. The van der Waals surface area contributed by atoms with Gasteiger partial charge in [0.05, 0.1) is 60.1 Å². The minimum Gasteiger partial charge on any atom is -0.489 e. The van der Waals surface area contributed by atoms with E-state index in [0.717, 1.165) is 70.9 Å². The van der Waals surface area contributed by atoms with Crippen LogP contribution < -0.4 is 9.47 Å². The number of esters is 2. The van der Waals surface area contributed by atoms with Crippen LogP contribution in [0.5, 0.6) is 11.5 Å². The fourth-order valence-electron chi connectivity index (χ4n) is 4.96. The summed E-state index contributed by atoms with van der Waals surface area (Å²) in [5.74, 6) is 0.404. The number of carbonyl (C=O) groups excluding carboxylic acids is 2. The van der Waals surface area contributed by atoms with Crippen LogP contribution in [-0.4, -0.2) is 37.4 Å². The van der Waals surface area contributed by atoms with Gasteiger partial charge in [-0.1, -0.05) is 113 Å². The number of fused-ring (bicyclic) bond motifs is 2. The Labute approximate surface area is 303 Å². The Kier molecular flexibility index (Phi) is 16.5. The summed E-state index contributed by atoms with van der Waals surface area (Å²) in [4.78, 5) is 33.0. The molecule has 0 spiro atoms. The molecule has 2 aliphatic heterocycles. The van der Waals surface area contributed by atoms with Crippen LogP contribution in [0.4, 0.5) is 0 Å². The second kappa shape index (κ2) is 19.7. The van der Waals surface area contributed by atoms with Crippen LogP contribution >= 0.6 is 47.0 Å². The average molecular weight is 733 g/mol. The van der Waals surface area contributed by atoms with E-state index in [2.05, 4.69) is 38.6 Å². The van der Waals surface area contributed by atoms with E-state index >= 15 is 0 Å². The highest BCUT2D eigenvalue weighted by molar-refractivity contribution is 8.26. The van der Waals surface area contributed by atoms with E-state index in [4.69, 9.17) is 25.5 Å². The van der Waals surface area contributed by atoms with Crippen LogP contribution in [0.2, 0.25) is 0 Å². The molecule has 0 amide bonds. The Morgan fingerprint density at radius 2 is 1.15 bits per heavy atom. The molecule has 48 heavy (non-hydrogen) atoms. The van der Waals surface area contributed by atoms with Crippen molar-refractivity contribution in [3.63, 3.8) is 0 Å². The normalized spacial score (nSPS) is 14.6. The third kappa shape index (κ3) is 10.3. The van der Waals surface area contributed by atoms with E-state index < -0.39 is 11.9 Å². The first-order valence-electron chi connectivity index (χ1n) is 16.9. The van der Waals surface area contributed by atoms with Gasteiger partial charge in [-0.25, -0.2) is 9.64 Å². The van der Waals surface area contributed by atoms with Gasteiger partial charge < -0.3 is 18.9 Å². The summed E-state index contributed by atoms with van der Waals surface area (Å²) < 4.78 is 25.2. The first-order valence-corrected chi connectivity index (χ1v) is 20.2. The molecule has 0 aliphatic carbocycles. The summed E-state index contributed by atoms with van der Waals surface area (Å²) in [6.07, 6.45) is 7.65. The molecule has 0 N–H and O–H groups in total. The number of thioether (sulfide) groups is 4. The van der Waals surface area contributed by atoms with Gasteiger partial charge >= 0.3 is 11.9 Å². The maximum Gasteiger partial charge on any atom is 0.350 e. The first kappa shape index (κ1) is 40.1. The number of nitriles is 1. The number of nitrogens with zero attached hydrogens (tertiary/aromatic N) is 2. The molecule has 0 bridgehead atoms. The van der Waals surface area contributed by atoms with E-state index in [1.807, 2.05) is 27.7 Å². The lowest BCUT2D eigenvalue weighted by Crippen LogP contribution is -2.15. The minimum atomic E-state index is -0.630. The molecule has 8 nitrogen and oxygen atoms in total. The lowest BCUT2D eigenvalue weighted by molar-refractivity contribution is -0.141. The van der Waals surface area contributed by atoms with Gasteiger partial charge in [-0.15, -0.1) is 0 Å². The third-order valence-corrected chi connectivity index (χ3v) is 12.9. The number of benzene rings is 1. The molecule has 0 saturated carbocycles. The maximum atomic E-state index is 13.2. The highest BCUT2D eigenvalue weighted by Crippen LogP contribution is 2.68. The number of unbranched alkanes of at least 4 members (excludes halogenated alkanes) is 2. The van der Waals surface area contributed by atoms with Crippen molar-refractivity contribution >= 4 is 59.0 Å². The summed E-state index contributed by atoms with van der Waals surface area (Å²) in [6.45, 7) is 24.6. The van der Waals surface area contributed by atoms with Gasteiger partial charge in [0, 0.05) is 0 Å². The van der Waals surface area contributed by atoms with Crippen molar-refractivity contribution in [2.75, 3.05) is 13.2 Å². The molecule has 2 heterocycles. The zero-order valence-electron chi connectivity index (χ0n) is 29.4. The van der Waals surface area contributed by atoms with E-state index in [1.165, 1.54) is 47.0 Å². The molecule has 1 aromatic carbocycles. The summed E-state index contributed by atoms with van der Waals surface area (Å²) in [6, 6.07) is 2.10. The van der Waals surface area contributed by atoms with Crippen molar-refractivity contribution in [3.05, 3.63) is 31.2 Å².